The average molecular weight is 285 g/mol. The summed E-state index contributed by atoms with van der Waals surface area (Å²) in [6.07, 6.45) is 2.64. The number of hydrogen-bond acceptors (Lipinski definition) is 4. The minimum atomic E-state index is -0.0703. The molecule has 0 saturated heterocycles. The first kappa shape index (κ1) is 13.2. The van der Waals surface area contributed by atoms with Crippen LogP contribution in [0.1, 0.15) is 12.2 Å². The molecule has 0 unspecified atom stereocenters. The number of benzene rings is 1. The second-order valence-electron chi connectivity index (χ2n) is 4.63. The van der Waals surface area contributed by atoms with E-state index in [9.17, 15) is 4.79 Å². The molecule has 2 aromatic heterocycles. The number of nitrogens with one attached hydrogen (secondary N) is 2. The number of carbonyl (C=O) groups excluding carboxylic acids is 1. The molecule has 2 heterocycles. The molecule has 0 bridgehead atoms. The lowest BCUT2D eigenvalue weighted by Gasteiger charge is -2.05. The molecule has 3 aromatic rings. The molecular formula is C15H15N3O3. The van der Waals surface area contributed by atoms with E-state index in [2.05, 4.69) is 15.5 Å². The number of aromatic nitrogens is 2. The molecule has 0 saturated carbocycles. The number of methoxy groups -OCH3 is 1. The maximum atomic E-state index is 12.0. The zero-order valence-electron chi connectivity index (χ0n) is 11.6. The minimum absolute atomic E-state index is 0.0703. The van der Waals surface area contributed by atoms with Gasteiger partial charge in [-0.25, -0.2) is 0 Å². The Balaban J connectivity index is 1.62. The number of ether oxygens (including phenoxy) is 1. The van der Waals surface area contributed by atoms with Crippen LogP contribution in [0.25, 0.3) is 10.9 Å². The van der Waals surface area contributed by atoms with Crippen molar-refractivity contribution in [3.8, 4) is 5.88 Å². The molecule has 21 heavy (non-hydrogen) atoms. The highest BCUT2D eigenvalue weighted by Gasteiger charge is 2.09. The van der Waals surface area contributed by atoms with Gasteiger partial charge in [-0.15, -0.1) is 0 Å². The third-order valence-corrected chi connectivity index (χ3v) is 3.21. The summed E-state index contributed by atoms with van der Waals surface area (Å²) in [5.74, 6) is 0.975. The summed E-state index contributed by atoms with van der Waals surface area (Å²) in [5.41, 5.74) is 1.79. The van der Waals surface area contributed by atoms with Crippen LogP contribution in [0.15, 0.2) is 41.1 Å². The maximum Gasteiger partial charge on any atom is 0.254 e. The first-order valence-electron chi connectivity index (χ1n) is 6.62. The quantitative estimate of drug-likeness (QED) is 0.755. The Hall–Kier alpha value is -2.76. The van der Waals surface area contributed by atoms with Gasteiger partial charge in [-0.3, -0.25) is 4.79 Å². The van der Waals surface area contributed by atoms with E-state index in [1.807, 2.05) is 30.5 Å². The van der Waals surface area contributed by atoms with Crippen molar-refractivity contribution < 1.29 is 14.1 Å². The summed E-state index contributed by atoms with van der Waals surface area (Å²) in [4.78, 5) is 15.1. The van der Waals surface area contributed by atoms with Gasteiger partial charge in [0, 0.05) is 36.0 Å². The average Bonchev–Trinajstić information content (AvgIpc) is 3.14. The number of rotatable bonds is 5. The van der Waals surface area contributed by atoms with Crippen molar-refractivity contribution in [2.75, 3.05) is 12.4 Å². The number of H-pyrrole nitrogens is 1. The molecule has 0 spiro atoms. The number of fused-ring (bicyclic) bond motifs is 1. The van der Waals surface area contributed by atoms with E-state index in [4.69, 9.17) is 9.26 Å². The van der Waals surface area contributed by atoms with Gasteiger partial charge in [0.05, 0.1) is 12.8 Å². The zero-order valence-corrected chi connectivity index (χ0v) is 11.6. The Bertz CT molecular complexity index is 760. The third kappa shape index (κ3) is 2.89. The second-order valence-corrected chi connectivity index (χ2v) is 4.63. The molecule has 0 aliphatic heterocycles. The lowest BCUT2D eigenvalue weighted by Crippen LogP contribution is -2.12. The normalized spacial score (nSPS) is 10.7. The second kappa shape index (κ2) is 5.70. The van der Waals surface area contributed by atoms with Gasteiger partial charge in [0.25, 0.3) is 5.88 Å². The predicted octanol–water partition coefficient (Wildman–Crippen LogP) is 2.74. The van der Waals surface area contributed by atoms with Gasteiger partial charge >= 0.3 is 0 Å². The SMILES string of the molecule is COc1cc(CCC(=O)Nc2cccc3[nH]ccc23)on1. The smallest absolute Gasteiger partial charge is 0.254 e. The highest BCUT2D eigenvalue weighted by Crippen LogP contribution is 2.22. The van der Waals surface area contributed by atoms with E-state index < -0.39 is 0 Å². The van der Waals surface area contributed by atoms with Crippen molar-refractivity contribution >= 4 is 22.5 Å². The van der Waals surface area contributed by atoms with Crippen LogP contribution >= 0.6 is 0 Å². The Labute approximate surface area is 121 Å². The van der Waals surface area contributed by atoms with Gasteiger partial charge < -0.3 is 19.6 Å². The molecule has 6 heteroatoms. The Morgan fingerprint density at radius 3 is 3.14 bits per heavy atom. The molecule has 6 nitrogen and oxygen atoms in total. The van der Waals surface area contributed by atoms with E-state index >= 15 is 0 Å². The summed E-state index contributed by atoms with van der Waals surface area (Å²) in [5, 5.41) is 7.60. The topological polar surface area (TPSA) is 80.1 Å². The van der Waals surface area contributed by atoms with Crippen molar-refractivity contribution in [3.05, 3.63) is 42.3 Å². The molecule has 1 amide bonds. The molecule has 0 fully saturated rings. The van der Waals surface area contributed by atoms with Crippen molar-refractivity contribution in [1.82, 2.24) is 10.1 Å². The Morgan fingerprint density at radius 1 is 1.43 bits per heavy atom. The van der Waals surface area contributed by atoms with E-state index in [-0.39, 0.29) is 5.91 Å². The largest absolute Gasteiger partial charge is 0.479 e. The van der Waals surface area contributed by atoms with Crippen LogP contribution in [0.3, 0.4) is 0 Å². The zero-order chi connectivity index (χ0) is 14.7. The number of carbonyl (C=O) groups is 1. The highest BCUT2D eigenvalue weighted by molar-refractivity contribution is 6.01. The van der Waals surface area contributed by atoms with Crippen LogP contribution in [0.2, 0.25) is 0 Å². The summed E-state index contributed by atoms with van der Waals surface area (Å²) >= 11 is 0. The summed E-state index contributed by atoms with van der Waals surface area (Å²) in [7, 11) is 1.52. The monoisotopic (exact) mass is 285 g/mol. The lowest BCUT2D eigenvalue weighted by atomic mass is 10.2. The number of anilines is 1. The van der Waals surface area contributed by atoms with Crippen LogP contribution in [-0.4, -0.2) is 23.2 Å². The molecule has 2 N–H and O–H groups in total. The number of hydrogen-bond donors (Lipinski definition) is 2. The number of nitrogens with zero attached hydrogens (tertiary/aromatic N) is 1. The van der Waals surface area contributed by atoms with Gasteiger partial charge in [0.2, 0.25) is 5.91 Å². The van der Waals surface area contributed by atoms with Gasteiger partial charge in [-0.05, 0) is 23.4 Å². The first-order chi connectivity index (χ1) is 10.3. The summed E-state index contributed by atoms with van der Waals surface area (Å²) in [6, 6.07) is 9.36. The fourth-order valence-corrected chi connectivity index (χ4v) is 2.15. The number of amides is 1. The van der Waals surface area contributed by atoms with E-state index in [0.717, 1.165) is 16.6 Å². The molecule has 1 aromatic carbocycles. The summed E-state index contributed by atoms with van der Waals surface area (Å²) < 4.78 is 9.98. The standard InChI is InChI=1S/C15H15N3O3/c1-20-15-9-10(21-18-15)5-6-14(19)17-13-4-2-3-12-11(13)7-8-16-12/h2-4,7-9,16H,5-6H2,1H3,(H,17,19). The maximum absolute atomic E-state index is 12.0. The highest BCUT2D eigenvalue weighted by atomic mass is 16.5. The van der Waals surface area contributed by atoms with Crippen LogP contribution in [0.5, 0.6) is 5.88 Å². The third-order valence-electron chi connectivity index (χ3n) is 3.21. The van der Waals surface area contributed by atoms with E-state index in [1.165, 1.54) is 7.11 Å². The van der Waals surface area contributed by atoms with Crippen molar-refractivity contribution in [2.24, 2.45) is 0 Å². The van der Waals surface area contributed by atoms with Crippen molar-refractivity contribution in [2.45, 2.75) is 12.8 Å². The molecule has 108 valence electrons. The Kier molecular flexibility index (Phi) is 3.59. The molecule has 0 aliphatic rings. The van der Waals surface area contributed by atoms with Gasteiger partial charge in [-0.2, -0.15) is 0 Å². The molecular weight excluding hydrogens is 270 g/mol. The Morgan fingerprint density at radius 2 is 2.33 bits per heavy atom. The molecule has 3 rings (SSSR count). The minimum Gasteiger partial charge on any atom is -0.479 e. The van der Waals surface area contributed by atoms with Crippen molar-refractivity contribution in [1.29, 1.82) is 0 Å². The molecule has 0 aliphatic carbocycles. The van der Waals surface area contributed by atoms with E-state index in [1.54, 1.807) is 6.07 Å². The van der Waals surface area contributed by atoms with Crippen molar-refractivity contribution in [3.63, 3.8) is 0 Å². The van der Waals surface area contributed by atoms with Crippen LogP contribution in [0.4, 0.5) is 5.69 Å². The van der Waals surface area contributed by atoms with E-state index in [0.29, 0.717) is 24.5 Å². The number of aromatic amines is 1. The van der Waals surface area contributed by atoms with Crippen LogP contribution < -0.4 is 10.1 Å². The lowest BCUT2D eigenvalue weighted by molar-refractivity contribution is -0.116. The fraction of sp³-hybridized carbons (Fsp3) is 0.200. The predicted molar refractivity (Wildman–Crippen MR) is 78.3 cm³/mol. The van der Waals surface area contributed by atoms with Gasteiger partial charge in [0.1, 0.15) is 5.76 Å². The molecule has 0 radical (unpaired) electrons. The van der Waals surface area contributed by atoms with Gasteiger partial charge in [0.15, 0.2) is 0 Å². The van der Waals surface area contributed by atoms with Crippen LogP contribution in [0, 0.1) is 0 Å². The van der Waals surface area contributed by atoms with Gasteiger partial charge in [-0.1, -0.05) is 6.07 Å². The summed E-state index contributed by atoms with van der Waals surface area (Å²) in [6.45, 7) is 0. The van der Waals surface area contributed by atoms with Crippen LogP contribution in [-0.2, 0) is 11.2 Å². The molecule has 0 atom stereocenters. The first-order valence-corrected chi connectivity index (χ1v) is 6.62. The number of aryl methyl sites for hydroxylation is 1. The fourth-order valence-electron chi connectivity index (χ4n) is 2.15.